The quantitative estimate of drug-likeness (QED) is 0.217. The van der Waals surface area contributed by atoms with Gasteiger partial charge in [-0.2, -0.15) is 14.0 Å². The molecule has 0 aromatic heterocycles. The Labute approximate surface area is 131 Å². The van der Waals surface area contributed by atoms with E-state index in [2.05, 4.69) is 33.0 Å². The molecule has 1 atom stereocenters. The van der Waals surface area contributed by atoms with Crippen LogP contribution in [0.2, 0.25) is 0 Å². The molecule has 0 radical (unpaired) electrons. The summed E-state index contributed by atoms with van der Waals surface area (Å²) in [5, 5.41) is 26.0. The van der Waals surface area contributed by atoms with Gasteiger partial charge >= 0.3 is 17.2 Å². The van der Waals surface area contributed by atoms with Crippen LogP contribution in [0.15, 0.2) is 0 Å². The van der Waals surface area contributed by atoms with Crippen molar-refractivity contribution in [1.29, 1.82) is 0 Å². The molecule has 1 unspecified atom stereocenters. The van der Waals surface area contributed by atoms with Gasteiger partial charge in [-0.15, -0.1) is 0 Å². The standard InChI is InChI=1S/C6H14O3.C3H10O8P2/c1-2-6(3-7,4-8)5-9;1-5-8-12(4)11-13(9-6-2)10-7-3/h7-9H,2-5H2,1H3;4H,1-3H3. The fourth-order valence-corrected chi connectivity index (χ4v) is 1.96. The number of hydrogen-bond donors (Lipinski definition) is 4. The van der Waals surface area contributed by atoms with Gasteiger partial charge in [0.2, 0.25) is 0 Å². The second-order valence-corrected chi connectivity index (χ2v) is 5.62. The largest absolute Gasteiger partial charge is 0.399 e. The Morgan fingerprint density at radius 3 is 1.45 bits per heavy atom. The monoisotopic (exact) mass is 370 g/mol. The fraction of sp³-hybridized carbons (Fsp3) is 1.00. The van der Waals surface area contributed by atoms with Crippen molar-refractivity contribution >= 4 is 17.2 Å². The summed E-state index contributed by atoms with van der Waals surface area (Å²) in [6.45, 7) is 1.35. The van der Waals surface area contributed by atoms with E-state index in [4.69, 9.17) is 20.2 Å². The number of hydrogen-bond acceptors (Lipinski definition) is 11. The van der Waals surface area contributed by atoms with Crippen LogP contribution < -0.4 is 0 Å². The van der Waals surface area contributed by atoms with Gasteiger partial charge in [0.05, 0.1) is 41.2 Å². The van der Waals surface area contributed by atoms with Crippen molar-refractivity contribution in [3.8, 4) is 0 Å². The lowest BCUT2D eigenvalue weighted by molar-refractivity contribution is -0.243. The molecule has 22 heavy (non-hydrogen) atoms. The van der Waals surface area contributed by atoms with Crippen molar-refractivity contribution < 1.29 is 53.2 Å². The SMILES string of the molecule is CCC(CO)(CO)CO.COOP(O)OP(OOC)OOC. The summed E-state index contributed by atoms with van der Waals surface area (Å²) >= 11 is 0. The lowest BCUT2D eigenvalue weighted by Gasteiger charge is -2.24. The molecular formula is C9H24O11P2. The van der Waals surface area contributed by atoms with Gasteiger partial charge in [-0.1, -0.05) is 6.92 Å². The molecule has 0 aromatic rings. The van der Waals surface area contributed by atoms with Gasteiger partial charge in [0.25, 0.3) is 0 Å². The van der Waals surface area contributed by atoms with E-state index in [1.54, 1.807) is 0 Å². The predicted octanol–water partition coefficient (Wildman–Crippen LogP) is 0.543. The molecule has 0 rings (SSSR count). The molecule has 4 N–H and O–H groups in total. The van der Waals surface area contributed by atoms with E-state index >= 15 is 0 Å². The molecule has 0 aromatic carbocycles. The van der Waals surface area contributed by atoms with Gasteiger partial charge < -0.3 is 20.2 Å². The summed E-state index contributed by atoms with van der Waals surface area (Å²) in [6.07, 6.45) is 0.594. The minimum Gasteiger partial charge on any atom is -0.396 e. The smallest absolute Gasteiger partial charge is 0.396 e. The van der Waals surface area contributed by atoms with Crippen LogP contribution in [-0.2, 0) is 33.0 Å². The topological polar surface area (TPSA) is 146 Å². The van der Waals surface area contributed by atoms with Crippen LogP contribution in [0.3, 0.4) is 0 Å². The maximum absolute atomic E-state index is 8.91. The zero-order valence-corrected chi connectivity index (χ0v) is 14.7. The van der Waals surface area contributed by atoms with Crippen molar-refractivity contribution in [2.75, 3.05) is 41.2 Å². The lowest BCUT2D eigenvalue weighted by Crippen LogP contribution is -2.32. The third kappa shape index (κ3) is 11.9. The van der Waals surface area contributed by atoms with E-state index in [-0.39, 0.29) is 19.8 Å². The van der Waals surface area contributed by atoms with E-state index in [9.17, 15) is 0 Å². The highest BCUT2D eigenvalue weighted by Crippen LogP contribution is 2.52. The van der Waals surface area contributed by atoms with Gasteiger partial charge in [-0.3, -0.25) is 0 Å². The highest BCUT2D eigenvalue weighted by atomic mass is 31.2. The van der Waals surface area contributed by atoms with Gasteiger partial charge in [-0.05, 0) is 6.42 Å². The number of aliphatic hydroxyl groups is 3. The molecule has 0 aliphatic carbocycles. The molecule has 136 valence electrons. The average molecular weight is 370 g/mol. The first-order chi connectivity index (χ1) is 10.5. The minimum absolute atomic E-state index is 0.156. The van der Waals surface area contributed by atoms with E-state index < -0.39 is 22.6 Å². The maximum atomic E-state index is 8.91. The van der Waals surface area contributed by atoms with Crippen LogP contribution in [0.5, 0.6) is 0 Å². The third-order valence-corrected chi connectivity index (χ3v) is 4.21. The first-order valence-electron chi connectivity index (χ1n) is 5.91. The van der Waals surface area contributed by atoms with Gasteiger partial charge in [0.15, 0.2) is 0 Å². The molecule has 0 saturated carbocycles. The fourth-order valence-electron chi connectivity index (χ4n) is 0.781. The summed E-state index contributed by atoms with van der Waals surface area (Å²) in [4.78, 5) is 21.5. The van der Waals surface area contributed by atoms with E-state index in [0.29, 0.717) is 6.42 Å². The van der Waals surface area contributed by atoms with E-state index in [1.165, 1.54) is 21.3 Å². The minimum atomic E-state index is -2.25. The molecule has 0 aliphatic heterocycles. The van der Waals surface area contributed by atoms with Crippen LogP contribution >= 0.6 is 17.2 Å². The van der Waals surface area contributed by atoms with Gasteiger partial charge in [-0.25, -0.2) is 19.0 Å². The second kappa shape index (κ2) is 16.3. The van der Waals surface area contributed by atoms with Crippen molar-refractivity contribution in [1.82, 2.24) is 0 Å². The second-order valence-electron chi connectivity index (χ2n) is 3.59. The zero-order chi connectivity index (χ0) is 17.4. The number of rotatable bonds is 12. The van der Waals surface area contributed by atoms with Crippen LogP contribution in [0, 0.1) is 5.41 Å². The van der Waals surface area contributed by atoms with Crippen molar-refractivity contribution in [3.05, 3.63) is 0 Å². The van der Waals surface area contributed by atoms with Crippen LogP contribution in [0.25, 0.3) is 0 Å². The average Bonchev–Trinajstić information content (AvgIpc) is 2.51. The van der Waals surface area contributed by atoms with E-state index in [0.717, 1.165) is 0 Å². The van der Waals surface area contributed by atoms with E-state index in [1.807, 2.05) is 6.92 Å². The van der Waals surface area contributed by atoms with Crippen LogP contribution in [0.1, 0.15) is 13.3 Å². The molecule has 0 heterocycles. The molecule has 0 aliphatic rings. The zero-order valence-electron chi connectivity index (χ0n) is 12.9. The van der Waals surface area contributed by atoms with Gasteiger partial charge in [0, 0.05) is 5.41 Å². The Balaban J connectivity index is 0. The summed E-state index contributed by atoms with van der Waals surface area (Å²) in [6, 6.07) is 0. The van der Waals surface area contributed by atoms with Crippen LogP contribution in [0.4, 0.5) is 0 Å². The Morgan fingerprint density at radius 1 is 0.818 bits per heavy atom. The summed E-state index contributed by atoms with van der Waals surface area (Å²) in [7, 11) is -0.526. The highest BCUT2D eigenvalue weighted by molar-refractivity contribution is 7.54. The van der Waals surface area contributed by atoms with Gasteiger partial charge in [0.1, 0.15) is 0 Å². The first-order valence-corrected chi connectivity index (χ1v) is 8.13. The third-order valence-electron chi connectivity index (χ3n) is 2.30. The van der Waals surface area contributed by atoms with Crippen molar-refractivity contribution in [2.45, 2.75) is 13.3 Å². The molecular weight excluding hydrogens is 346 g/mol. The Kier molecular flexibility index (Phi) is 18.3. The lowest BCUT2D eigenvalue weighted by atomic mass is 9.88. The highest BCUT2D eigenvalue weighted by Gasteiger charge is 2.25. The molecule has 0 amide bonds. The molecule has 0 bridgehead atoms. The summed E-state index contributed by atoms with van der Waals surface area (Å²) in [5.74, 6) is 0. The predicted molar refractivity (Wildman–Crippen MR) is 75.4 cm³/mol. The maximum Gasteiger partial charge on any atom is 0.399 e. The molecule has 0 spiro atoms. The first kappa shape index (κ1) is 24.7. The Hall–Kier alpha value is 0.420. The Bertz CT molecular complexity index is 208. The summed E-state index contributed by atoms with van der Waals surface area (Å²) < 4.78 is 17.7. The molecule has 0 saturated heterocycles. The summed E-state index contributed by atoms with van der Waals surface area (Å²) in [5.41, 5.74) is -0.667. The molecule has 13 heteroatoms. The molecule has 11 nitrogen and oxygen atoms in total. The number of aliphatic hydroxyl groups excluding tert-OH is 3. The Morgan fingerprint density at radius 2 is 1.23 bits per heavy atom. The van der Waals surface area contributed by atoms with Crippen molar-refractivity contribution in [3.63, 3.8) is 0 Å². The molecule has 0 fully saturated rings. The normalized spacial score (nSPS) is 13.0. The van der Waals surface area contributed by atoms with Crippen LogP contribution in [-0.4, -0.2) is 61.4 Å². The van der Waals surface area contributed by atoms with Crippen molar-refractivity contribution in [2.24, 2.45) is 5.41 Å².